The van der Waals surface area contributed by atoms with Gasteiger partial charge in [-0.25, -0.2) is 9.50 Å². The molecule has 0 aromatic carbocycles. The summed E-state index contributed by atoms with van der Waals surface area (Å²) in [6.07, 6.45) is 5.01. The van der Waals surface area contributed by atoms with Crippen LogP contribution in [0.25, 0.3) is 5.52 Å². The Hall–Kier alpha value is -1.62. The van der Waals surface area contributed by atoms with Crippen LogP contribution in [-0.2, 0) is 0 Å². The molecule has 5 heteroatoms. The third-order valence-electron chi connectivity index (χ3n) is 4.38. The van der Waals surface area contributed by atoms with Gasteiger partial charge < -0.3 is 10.2 Å². The fourth-order valence-corrected chi connectivity index (χ4v) is 2.97. The number of rotatable bonds is 5. The van der Waals surface area contributed by atoms with E-state index in [0.717, 1.165) is 36.0 Å². The zero-order valence-corrected chi connectivity index (χ0v) is 13.2. The molecule has 0 amide bonds. The maximum Gasteiger partial charge on any atom is 0.152 e. The van der Waals surface area contributed by atoms with Gasteiger partial charge in [0.15, 0.2) is 5.82 Å². The van der Waals surface area contributed by atoms with Crippen LogP contribution in [0.4, 0.5) is 5.82 Å². The molecule has 114 valence electrons. The molecule has 2 aromatic heterocycles. The van der Waals surface area contributed by atoms with E-state index in [0.29, 0.717) is 5.92 Å². The van der Waals surface area contributed by atoms with E-state index in [1.165, 1.54) is 19.5 Å². The number of nitrogens with zero attached hydrogens (tertiary/aromatic N) is 4. The van der Waals surface area contributed by atoms with E-state index in [-0.39, 0.29) is 0 Å². The third kappa shape index (κ3) is 3.02. The summed E-state index contributed by atoms with van der Waals surface area (Å²) >= 11 is 0. The molecule has 1 atom stereocenters. The fraction of sp³-hybridized carbons (Fsp3) is 0.625. The minimum absolute atomic E-state index is 0.436. The molecule has 3 heterocycles. The van der Waals surface area contributed by atoms with Crippen LogP contribution in [0.5, 0.6) is 0 Å². The van der Waals surface area contributed by atoms with Gasteiger partial charge in [0.25, 0.3) is 0 Å². The van der Waals surface area contributed by atoms with Gasteiger partial charge in [0.2, 0.25) is 0 Å². The summed E-state index contributed by atoms with van der Waals surface area (Å²) in [5, 5.41) is 8.13. The molecule has 2 aromatic rings. The average molecular weight is 287 g/mol. The van der Waals surface area contributed by atoms with E-state index < -0.39 is 0 Å². The predicted octanol–water partition coefficient (Wildman–Crippen LogP) is 2.61. The summed E-state index contributed by atoms with van der Waals surface area (Å²) in [6, 6.07) is 2.15. The third-order valence-corrected chi connectivity index (χ3v) is 4.38. The Balaban J connectivity index is 1.72. The lowest BCUT2D eigenvalue weighted by Crippen LogP contribution is -2.22. The lowest BCUT2D eigenvalue weighted by atomic mass is 10.1. The first kappa shape index (κ1) is 14.3. The van der Waals surface area contributed by atoms with Gasteiger partial charge in [0.1, 0.15) is 5.52 Å². The largest absolute Gasteiger partial charge is 0.368 e. The fourth-order valence-electron chi connectivity index (χ4n) is 2.97. The molecule has 0 bridgehead atoms. The molecule has 0 aliphatic carbocycles. The summed E-state index contributed by atoms with van der Waals surface area (Å²) < 4.78 is 1.93. The van der Waals surface area contributed by atoms with Crippen LogP contribution in [0.1, 0.15) is 38.8 Å². The summed E-state index contributed by atoms with van der Waals surface area (Å²) in [6.45, 7) is 11.1. The quantitative estimate of drug-likeness (QED) is 0.918. The van der Waals surface area contributed by atoms with Gasteiger partial charge in [-0.1, -0.05) is 20.8 Å². The van der Waals surface area contributed by atoms with Gasteiger partial charge in [-0.05, 0) is 37.4 Å². The predicted molar refractivity (Wildman–Crippen MR) is 85.8 cm³/mol. The molecule has 0 saturated carbocycles. The Bertz CT molecular complexity index is 604. The van der Waals surface area contributed by atoms with Crippen molar-refractivity contribution in [1.82, 2.24) is 19.5 Å². The molecule has 0 radical (unpaired) electrons. The number of aromatic nitrogens is 3. The van der Waals surface area contributed by atoms with Crippen molar-refractivity contribution < 1.29 is 0 Å². The molecule has 0 spiro atoms. The highest BCUT2D eigenvalue weighted by molar-refractivity contribution is 5.67. The van der Waals surface area contributed by atoms with Crippen molar-refractivity contribution in [3.63, 3.8) is 0 Å². The van der Waals surface area contributed by atoms with Crippen molar-refractivity contribution in [3.8, 4) is 0 Å². The highest BCUT2D eigenvalue weighted by Gasteiger charge is 2.21. The minimum Gasteiger partial charge on any atom is -0.368 e. The second-order valence-electron chi connectivity index (χ2n) is 6.26. The van der Waals surface area contributed by atoms with E-state index in [1.807, 2.05) is 16.9 Å². The number of nitrogens with one attached hydrogen (secondary N) is 1. The number of hydrogen-bond acceptors (Lipinski definition) is 4. The summed E-state index contributed by atoms with van der Waals surface area (Å²) in [7, 11) is 0. The lowest BCUT2D eigenvalue weighted by molar-refractivity contribution is 0.345. The monoisotopic (exact) mass is 287 g/mol. The standard InChI is InChI=1S/C16H25N5/c1-4-20-7-5-13(11-20)10-18-16-15-9-14(12(2)3)19-21(15)8-6-17-16/h6,8-9,12-13H,4-5,7,10-11H2,1-3H3,(H,17,18). The van der Waals surface area contributed by atoms with Gasteiger partial charge in [0.05, 0.1) is 5.69 Å². The van der Waals surface area contributed by atoms with Crippen molar-refractivity contribution in [2.24, 2.45) is 5.92 Å². The molecule has 1 saturated heterocycles. The highest BCUT2D eigenvalue weighted by atomic mass is 15.2. The number of anilines is 1. The first-order chi connectivity index (χ1) is 10.2. The van der Waals surface area contributed by atoms with E-state index in [9.17, 15) is 0 Å². The smallest absolute Gasteiger partial charge is 0.152 e. The van der Waals surface area contributed by atoms with E-state index in [4.69, 9.17) is 0 Å². The van der Waals surface area contributed by atoms with Crippen LogP contribution in [0.3, 0.4) is 0 Å². The molecule has 1 unspecified atom stereocenters. The topological polar surface area (TPSA) is 45.5 Å². The maximum atomic E-state index is 4.61. The molecular formula is C16H25N5. The van der Waals surface area contributed by atoms with Crippen molar-refractivity contribution in [3.05, 3.63) is 24.2 Å². The summed E-state index contributed by atoms with van der Waals surface area (Å²) in [5.41, 5.74) is 2.19. The molecule has 1 N–H and O–H groups in total. The first-order valence-electron chi connectivity index (χ1n) is 7.98. The van der Waals surface area contributed by atoms with Crippen LogP contribution in [0.2, 0.25) is 0 Å². The van der Waals surface area contributed by atoms with Crippen LogP contribution >= 0.6 is 0 Å². The minimum atomic E-state index is 0.436. The number of hydrogen-bond donors (Lipinski definition) is 1. The van der Waals surface area contributed by atoms with Crippen molar-refractivity contribution >= 4 is 11.3 Å². The van der Waals surface area contributed by atoms with Gasteiger partial charge in [0, 0.05) is 25.5 Å². The average Bonchev–Trinajstić information content (AvgIpc) is 3.11. The van der Waals surface area contributed by atoms with Gasteiger partial charge in [-0.2, -0.15) is 5.10 Å². The van der Waals surface area contributed by atoms with Crippen molar-refractivity contribution in [2.45, 2.75) is 33.1 Å². The molecule has 3 rings (SSSR count). The Morgan fingerprint density at radius 1 is 1.43 bits per heavy atom. The SMILES string of the molecule is CCN1CCC(CNc2nccn3nc(C(C)C)cc23)C1. The first-order valence-corrected chi connectivity index (χ1v) is 7.98. The van der Waals surface area contributed by atoms with E-state index in [1.54, 1.807) is 0 Å². The highest BCUT2D eigenvalue weighted by Crippen LogP contribution is 2.21. The second-order valence-corrected chi connectivity index (χ2v) is 6.26. The molecule has 21 heavy (non-hydrogen) atoms. The lowest BCUT2D eigenvalue weighted by Gasteiger charge is -2.14. The second kappa shape index (κ2) is 6.02. The van der Waals surface area contributed by atoms with Crippen molar-refractivity contribution in [2.75, 3.05) is 31.5 Å². The molecular weight excluding hydrogens is 262 g/mol. The number of likely N-dealkylation sites (tertiary alicyclic amines) is 1. The Labute approximate surface area is 126 Å². The zero-order chi connectivity index (χ0) is 14.8. The Kier molecular flexibility index (Phi) is 4.10. The summed E-state index contributed by atoms with van der Waals surface area (Å²) in [5.74, 6) is 2.11. The molecule has 5 nitrogen and oxygen atoms in total. The van der Waals surface area contributed by atoms with Crippen molar-refractivity contribution in [1.29, 1.82) is 0 Å². The normalized spacial score (nSPS) is 19.7. The van der Waals surface area contributed by atoms with E-state index >= 15 is 0 Å². The van der Waals surface area contributed by atoms with Crippen LogP contribution in [0, 0.1) is 5.92 Å². The number of fused-ring (bicyclic) bond motifs is 1. The van der Waals surface area contributed by atoms with Crippen LogP contribution in [-0.4, -0.2) is 45.7 Å². The summed E-state index contributed by atoms with van der Waals surface area (Å²) in [4.78, 5) is 7.00. The van der Waals surface area contributed by atoms with Gasteiger partial charge in [-0.3, -0.25) is 0 Å². The molecule has 1 aliphatic rings. The molecule has 1 aliphatic heterocycles. The van der Waals surface area contributed by atoms with Crippen LogP contribution < -0.4 is 5.32 Å². The van der Waals surface area contributed by atoms with E-state index in [2.05, 4.69) is 47.1 Å². The van der Waals surface area contributed by atoms with Crippen LogP contribution in [0.15, 0.2) is 18.5 Å². The Morgan fingerprint density at radius 2 is 2.29 bits per heavy atom. The van der Waals surface area contributed by atoms with Gasteiger partial charge in [-0.15, -0.1) is 0 Å². The molecule has 1 fully saturated rings. The maximum absolute atomic E-state index is 4.61. The Morgan fingerprint density at radius 3 is 3.00 bits per heavy atom. The zero-order valence-electron chi connectivity index (χ0n) is 13.2. The van der Waals surface area contributed by atoms with Gasteiger partial charge >= 0.3 is 0 Å².